The molecule has 3 nitrogen and oxygen atoms in total. The lowest BCUT2D eigenvalue weighted by Gasteiger charge is -2.14. The second-order valence-electron chi connectivity index (χ2n) is 4.99. The topological polar surface area (TPSA) is 54.4 Å². The highest BCUT2D eigenvalue weighted by Crippen LogP contribution is 2.24. The zero-order chi connectivity index (χ0) is 13.2. The first-order chi connectivity index (χ1) is 8.44. The van der Waals surface area contributed by atoms with Gasteiger partial charge in [-0.1, -0.05) is 12.1 Å². The molecular formula is C13H17FO3S. The molecular weight excluding hydrogens is 255 g/mol. The van der Waals surface area contributed by atoms with Crippen molar-refractivity contribution in [3.63, 3.8) is 0 Å². The van der Waals surface area contributed by atoms with Crippen LogP contribution in [0.5, 0.6) is 0 Å². The lowest BCUT2D eigenvalue weighted by molar-refractivity contribution is 0.147. The van der Waals surface area contributed by atoms with E-state index in [9.17, 15) is 17.9 Å². The predicted molar refractivity (Wildman–Crippen MR) is 67.5 cm³/mol. The summed E-state index contributed by atoms with van der Waals surface area (Å²) in [6.07, 6.45) is 1.02. The monoisotopic (exact) mass is 272 g/mol. The number of aliphatic hydroxyl groups is 1. The number of hydrogen-bond donors (Lipinski definition) is 1. The summed E-state index contributed by atoms with van der Waals surface area (Å²) in [4.78, 5) is 0. The third-order valence-corrected chi connectivity index (χ3v) is 5.15. The highest BCUT2D eigenvalue weighted by Gasteiger charge is 2.29. The number of halogens is 1. The molecule has 1 heterocycles. The van der Waals surface area contributed by atoms with Crippen LogP contribution in [0.3, 0.4) is 0 Å². The molecule has 2 atom stereocenters. The first-order valence-electron chi connectivity index (χ1n) is 6.07. The molecule has 2 unspecified atom stereocenters. The van der Waals surface area contributed by atoms with Gasteiger partial charge in [0.05, 0.1) is 17.6 Å². The van der Waals surface area contributed by atoms with E-state index in [2.05, 4.69) is 0 Å². The molecule has 1 aliphatic heterocycles. The molecule has 1 N–H and O–H groups in total. The van der Waals surface area contributed by atoms with Crippen LogP contribution >= 0.6 is 0 Å². The van der Waals surface area contributed by atoms with E-state index in [1.165, 1.54) is 12.1 Å². The van der Waals surface area contributed by atoms with Gasteiger partial charge in [0.25, 0.3) is 0 Å². The maximum absolute atomic E-state index is 12.7. The van der Waals surface area contributed by atoms with Crippen molar-refractivity contribution in [3.05, 3.63) is 35.6 Å². The number of sulfone groups is 1. The van der Waals surface area contributed by atoms with Gasteiger partial charge in [-0.2, -0.15) is 0 Å². The molecule has 18 heavy (non-hydrogen) atoms. The van der Waals surface area contributed by atoms with Crippen LogP contribution in [0.15, 0.2) is 24.3 Å². The number of aliphatic hydroxyl groups excluding tert-OH is 1. The van der Waals surface area contributed by atoms with E-state index in [1.54, 1.807) is 12.1 Å². The van der Waals surface area contributed by atoms with E-state index >= 15 is 0 Å². The van der Waals surface area contributed by atoms with Crippen molar-refractivity contribution in [2.45, 2.75) is 25.4 Å². The van der Waals surface area contributed by atoms with Gasteiger partial charge in [-0.3, -0.25) is 0 Å². The Labute approximate surface area is 107 Å². The van der Waals surface area contributed by atoms with E-state index in [4.69, 9.17) is 0 Å². The molecule has 0 radical (unpaired) electrons. The minimum absolute atomic E-state index is 0.0606. The van der Waals surface area contributed by atoms with E-state index in [0.29, 0.717) is 19.3 Å². The van der Waals surface area contributed by atoms with Crippen LogP contribution < -0.4 is 0 Å². The van der Waals surface area contributed by atoms with Crippen LogP contribution in [-0.4, -0.2) is 31.1 Å². The van der Waals surface area contributed by atoms with Crippen LogP contribution in [0.2, 0.25) is 0 Å². The van der Waals surface area contributed by atoms with Crippen LogP contribution in [0.25, 0.3) is 0 Å². The molecule has 0 spiro atoms. The molecule has 0 saturated carbocycles. The van der Waals surface area contributed by atoms with Gasteiger partial charge >= 0.3 is 0 Å². The van der Waals surface area contributed by atoms with E-state index in [-0.39, 0.29) is 23.2 Å². The first kappa shape index (κ1) is 13.5. The summed E-state index contributed by atoms with van der Waals surface area (Å²) in [5.74, 6) is 0.189. The normalized spacial score (nSPS) is 24.0. The van der Waals surface area contributed by atoms with Gasteiger partial charge in [0, 0.05) is 0 Å². The average molecular weight is 272 g/mol. The molecule has 1 aromatic rings. The maximum atomic E-state index is 12.7. The summed E-state index contributed by atoms with van der Waals surface area (Å²) in [7, 11) is -2.88. The van der Waals surface area contributed by atoms with Crippen molar-refractivity contribution >= 4 is 9.84 Å². The molecule has 1 fully saturated rings. The zero-order valence-electron chi connectivity index (χ0n) is 10.0. The summed E-state index contributed by atoms with van der Waals surface area (Å²) >= 11 is 0. The molecule has 1 saturated heterocycles. The van der Waals surface area contributed by atoms with Gasteiger partial charge in [0.1, 0.15) is 5.82 Å². The smallest absolute Gasteiger partial charge is 0.150 e. The van der Waals surface area contributed by atoms with Gasteiger partial charge in [0.15, 0.2) is 9.84 Å². The summed E-state index contributed by atoms with van der Waals surface area (Å²) in [6.45, 7) is 0. The Kier molecular flexibility index (Phi) is 4.02. The SMILES string of the molecule is O=S1(=O)CCC(CC(O)Cc2ccc(F)cc2)C1. The fourth-order valence-electron chi connectivity index (χ4n) is 2.42. The fourth-order valence-corrected chi connectivity index (χ4v) is 4.30. The lowest BCUT2D eigenvalue weighted by atomic mass is 9.97. The van der Waals surface area contributed by atoms with Gasteiger partial charge in [-0.25, -0.2) is 12.8 Å². The number of rotatable bonds is 4. The summed E-state index contributed by atoms with van der Waals surface area (Å²) < 4.78 is 35.3. The third-order valence-electron chi connectivity index (χ3n) is 3.32. The van der Waals surface area contributed by atoms with Crippen LogP contribution in [0, 0.1) is 11.7 Å². The molecule has 0 bridgehead atoms. The average Bonchev–Trinajstić information content (AvgIpc) is 2.61. The molecule has 0 aromatic heterocycles. The van der Waals surface area contributed by atoms with Crippen LogP contribution in [-0.2, 0) is 16.3 Å². The Bertz CT molecular complexity index is 495. The largest absolute Gasteiger partial charge is 0.393 e. The van der Waals surface area contributed by atoms with Crippen molar-refractivity contribution in [1.82, 2.24) is 0 Å². The van der Waals surface area contributed by atoms with Crippen molar-refractivity contribution in [1.29, 1.82) is 0 Å². The molecule has 100 valence electrons. The second-order valence-corrected chi connectivity index (χ2v) is 7.22. The van der Waals surface area contributed by atoms with E-state index < -0.39 is 15.9 Å². The van der Waals surface area contributed by atoms with E-state index in [0.717, 1.165) is 5.56 Å². The van der Waals surface area contributed by atoms with Gasteiger partial charge in [0.2, 0.25) is 0 Å². The van der Waals surface area contributed by atoms with Gasteiger partial charge in [-0.05, 0) is 42.9 Å². The highest BCUT2D eigenvalue weighted by molar-refractivity contribution is 7.91. The number of hydrogen-bond acceptors (Lipinski definition) is 3. The summed E-state index contributed by atoms with van der Waals surface area (Å²) in [5.41, 5.74) is 0.866. The van der Waals surface area contributed by atoms with Gasteiger partial charge < -0.3 is 5.11 Å². The Balaban J connectivity index is 1.86. The summed E-state index contributed by atoms with van der Waals surface area (Å²) in [5, 5.41) is 9.91. The second kappa shape index (κ2) is 5.36. The minimum atomic E-state index is -2.88. The quantitative estimate of drug-likeness (QED) is 0.905. The molecule has 2 rings (SSSR count). The predicted octanol–water partition coefficient (Wildman–Crippen LogP) is 1.55. The zero-order valence-corrected chi connectivity index (χ0v) is 10.9. The standard InChI is InChI=1S/C13H17FO3S/c14-12-3-1-10(2-4-12)7-13(15)8-11-5-6-18(16,17)9-11/h1-4,11,13,15H,5-9H2. The first-order valence-corrected chi connectivity index (χ1v) is 7.90. The fraction of sp³-hybridized carbons (Fsp3) is 0.538. The Morgan fingerprint density at radius 3 is 2.56 bits per heavy atom. The summed E-state index contributed by atoms with van der Waals surface area (Å²) in [6, 6.07) is 6.01. The van der Waals surface area contributed by atoms with Crippen molar-refractivity contribution in [2.75, 3.05) is 11.5 Å². The Morgan fingerprint density at radius 2 is 2.00 bits per heavy atom. The van der Waals surface area contributed by atoms with E-state index in [1.807, 2.05) is 0 Å². The molecule has 1 aliphatic rings. The molecule has 5 heteroatoms. The minimum Gasteiger partial charge on any atom is -0.393 e. The maximum Gasteiger partial charge on any atom is 0.150 e. The van der Waals surface area contributed by atoms with Crippen molar-refractivity contribution < 1.29 is 17.9 Å². The third kappa shape index (κ3) is 3.78. The van der Waals surface area contributed by atoms with Crippen molar-refractivity contribution in [3.8, 4) is 0 Å². The van der Waals surface area contributed by atoms with Gasteiger partial charge in [-0.15, -0.1) is 0 Å². The van der Waals surface area contributed by atoms with Crippen molar-refractivity contribution in [2.24, 2.45) is 5.92 Å². The van der Waals surface area contributed by atoms with Crippen LogP contribution in [0.4, 0.5) is 4.39 Å². The molecule has 1 aromatic carbocycles. The Morgan fingerprint density at radius 1 is 1.33 bits per heavy atom. The lowest BCUT2D eigenvalue weighted by Crippen LogP contribution is -2.17. The highest BCUT2D eigenvalue weighted by atomic mass is 32.2. The van der Waals surface area contributed by atoms with Crippen LogP contribution in [0.1, 0.15) is 18.4 Å². The Hall–Kier alpha value is -0.940. The molecule has 0 amide bonds. The number of benzene rings is 1. The molecule has 0 aliphatic carbocycles.